The maximum Gasteiger partial charge on any atom is 0.0927 e. The van der Waals surface area contributed by atoms with Crippen LogP contribution in [0.4, 0.5) is 0 Å². The van der Waals surface area contributed by atoms with Crippen molar-refractivity contribution < 1.29 is 0 Å². The maximum absolute atomic E-state index is 8.72. The average molecular weight is 212 g/mol. The highest BCUT2D eigenvalue weighted by molar-refractivity contribution is 5.58. The standard InChI is InChI=1S/C12H12N4/c1-2-16-11(3-6-13)9-12(15-16)10-4-7-14-8-5-10/h4-5,7-9H,2-3H2,1H3. The van der Waals surface area contributed by atoms with Gasteiger partial charge in [-0.3, -0.25) is 9.67 Å². The first-order valence-corrected chi connectivity index (χ1v) is 5.19. The van der Waals surface area contributed by atoms with Gasteiger partial charge in [0.15, 0.2) is 0 Å². The summed E-state index contributed by atoms with van der Waals surface area (Å²) in [6.45, 7) is 2.80. The van der Waals surface area contributed by atoms with Crippen LogP contribution in [0.5, 0.6) is 0 Å². The summed E-state index contributed by atoms with van der Waals surface area (Å²) in [7, 11) is 0. The van der Waals surface area contributed by atoms with E-state index in [1.807, 2.05) is 29.8 Å². The summed E-state index contributed by atoms with van der Waals surface area (Å²) in [6.07, 6.45) is 3.88. The molecule has 0 aliphatic rings. The molecule has 0 atom stereocenters. The third-order valence-corrected chi connectivity index (χ3v) is 2.40. The molecule has 0 radical (unpaired) electrons. The fourth-order valence-corrected chi connectivity index (χ4v) is 1.62. The lowest BCUT2D eigenvalue weighted by Crippen LogP contribution is -2.01. The summed E-state index contributed by atoms with van der Waals surface area (Å²) >= 11 is 0. The Labute approximate surface area is 94.2 Å². The second-order valence-electron chi connectivity index (χ2n) is 3.41. The molecule has 4 heteroatoms. The molecule has 0 aliphatic carbocycles. The lowest BCUT2D eigenvalue weighted by atomic mass is 10.2. The zero-order valence-corrected chi connectivity index (χ0v) is 9.09. The molecule has 0 aliphatic heterocycles. The Bertz CT molecular complexity index is 508. The topological polar surface area (TPSA) is 54.5 Å². The van der Waals surface area contributed by atoms with Crippen molar-refractivity contribution in [1.82, 2.24) is 14.8 Å². The second-order valence-corrected chi connectivity index (χ2v) is 3.41. The van der Waals surface area contributed by atoms with Gasteiger partial charge in [-0.1, -0.05) is 0 Å². The molecular weight excluding hydrogens is 200 g/mol. The summed E-state index contributed by atoms with van der Waals surface area (Å²) in [4.78, 5) is 3.97. The summed E-state index contributed by atoms with van der Waals surface area (Å²) in [6, 6.07) is 7.94. The van der Waals surface area contributed by atoms with Crippen LogP contribution in [-0.2, 0) is 13.0 Å². The lowest BCUT2D eigenvalue weighted by molar-refractivity contribution is 0.634. The molecule has 2 rings (SSSR count). The van der Waals surface area contributed by atoms with E-state index in [0.717, 1.165) is 23.5 Å². The molecular formula is C12H12N4. The first-order valence-electron chi connectivity index (χ1n) is 5.19. The Morgan fingerprint density at radius 3 is 2.75 bits per heavy atom. The SMILES string of the molecule is CCn1nc(-c2ccncc2)cc1CC#N. The highest BCUT2D eigenvalue weighted by Gasteiger charge is 2.07. The van der Waals surface area contributed by atoms with Crippen molar-refractivity contribution in [1.29, 1.82) is 5.26 Å². The highest BCUT2D eigenvalue weighted by Crippen LogP contribution is 2.18. The van der Waals surface area contributed by atoms with Crippen molar-refractivity contribution in [3.63, 3.8) is 0 Å². The van der Waals surface area contributed by atoms with Gasteiger partial charge in [0, 0.05) is 24.5 Å². The number of nitriles is 1. The number of aromatic nitrogens is 3. The molecule has 2 heterocycles. The van der Waals surface area contributed by atoms with Gasteiger partial charge < -0.3 is 0 Å². The zero-order chi connectivity index (χ0) is 11.4. The van der Waals surface area contributed by atoms with Gasteiger partial charge in [0.1, 0.15) is 0 Å². The number of nitrogens with zero attached hydrogens (tertiary/aromatic N) is 4. The molecule has 0 unspecified atom stereocenters. The predicted octanol–water partition coefficient (Wildman–Crippen LogP) is 2.03. The van der Waals surface area contributed by atoms with Gasteiger partial charge in [0.05, 0.1) is 23.9 Å². The van der Waals surface area contributed by atoms with Crippen LogP contribution in [0.25, 0.3) is 11.3 Å². The van der Waals surface area contributed by atoms with E-state index in [2.05, 4.69) is 16.2 Å². The van der Waals surface area contributed by atoms with E-state index < -0.39 is 0 Å². The van der Waals surface area contributed by atoms with Crippen molar-refractivity contribution in [3.8, 4) is 17.3 Å². The van der Waals surface area contributed by atoms with E-state index in [9.17, 15) is 0 Å². The van der Waals surface area contributed by atoms with Crippen molar-refractivity contribution >= 4 is 0 Å². The molecule has 80 valence electrons. The van der Waals surface area contributed by atoms with Gasteiger partial charge in [0.2, 0.25) is 0 Å². The third kappa shape index (κ3) is 1.94. The van der Waals surface area contributed by atoms with Gasteiger partial charge in [-0.2, -0.15) is 10.4 Å². The molecule has 4 nitrogen and oxygen atoms in total. The minimum absolute atomic E-state index is 0.395. The largest absolute Gasteiger partial charge is 0.268 e. The molecule has 16 heavy (non-hydrogen) atoms. The smallest absolute Gasteiger partial charge is 0.0927 e. The number of aryl methyl sites for hydroxylation is 1. The molecule has 0 aromatic carbocycles. The fraction of sp³-hybridized carbons (Fsp3) is 0.250. The van der Waals surface area contributed by atoms with Crippen LogP contribution in [0, 0.1) is 11.3 Å². The van der Waals surface area contributed by atoms with Gasteiger partial charge >= 0.3 is 0 Å². The van der Waals surface area contributed by atoms with Crippen LogP contribution < -0.4 is 0 Å². The minimum Gasteiger partial charge on any atom is -0.268 e. The van der Waals surface area contributed by atoms with Crippen molar-refractivity contribution in [2.75, 3.05) is 0 Å². The van der Waals surface area contributed by atoms with Crippen LogP contribution in [0.2, 0.25) is 0 Å². The molecule has 0 saturated carbocycles. The Kier molecular flexibility index (Phi) is 2.97. The van der Waals surface area contributed by atoms with Gasteiger partial charge in [-0.05, 0) is 25.1 Å². The van der Waals surface area contributed by atoms with E-state index in [1.165, 1.54) is 0 Å². The number of rotatable bonds is 3. The Balaban J connectivity index is 2.41. The van der Waals surface area contributed by atoms with E-state index >= 15 is 0 Å². The van der Waals surface area contributed by atoms with Crippen LogP contribution in [0.3, 0.4) is 0 Å². The molecule has 0 fully saturated rings. The summed E-state index contributed by atoms with van der Waals surface area (Å²) < 4.78 is 1.86. The first kappa shape index (κ1) is 10.4. The molecule has 2 aromatic rings. The number of hydrogen-bond donors (Lipinski definition) is 0. The summed E-state index contributed by atoms with van der Waals surface area (Å²) in [5.41, 5.74) is 2.88. The summed E-state index contributed by atoms with van der Waals surface area (Å²) in [5.74, 6) is 0. The van der Waals surface area contributed by atoms with Crippen molar-refractivity contribution in [3.05, 3.63) is 36.3 Å². The number of hydrogen-bond acceptors (Lipinski definition) is 3. The lowest BCUT2D eigenvalue weighted by Gasteiger charge is -1.98. The monoisotopic (exact) mass is 212 g/mol. The van der Waals surface area contributed by atoms with Crippen LogP contribution in [0.15, 0.2) is 30.6 Å². The normalized spacial score (nSPS) is 10.0. The van der Waals surface area contributed by atoms with E-state index in [-0.39, 0.29) is 0 Å². The van der Waals surface area contributed by atoms with E-state index in [4.69, 9.17) is 5.26 Å². The number of pyridine rings is 1. The van der Waals surface area contributed by atoms with Gasteiger partial charge in [-0.15, -0.1) is 0 Å². The molecule has 0 N–H and O–H groups in total. The molecule has 0 amide bonds. The first-order chi connectivity index (χ1) is 7.85. The zero-order valence-electron chi connectivity index (χ0n) is 9.09. The Hall–Kier alpha value is -2.15. The fourth-order valence-electron chi connectivity index (χ4n) is 1.62. The Morgan fingerprint density at radius 1 is 1.38 bits per heavy atom. The van der Waals surface area contributed by atoms with Crippen LogP contribution in [-0.4, -0.2) is 14.8 Å². The highest BCUT2D eigenvalue weighted by atomic mass is 15.3. The van der Waals surface area contributed by atoms with Crippen molar-refractivity contribution in [2.24, 2.45) is 0 Å². The molecule has 0 spiro atoms. The Morgan fingerprint density at radius 2 is 2.12 bits per heavy atom. The quantitative estimate of drug-likeness (QED) is 0.782. The van der Waals surface area contributed by atoms with Crippen LogP contribution in [0.1, 0.15) is 12.6 Å². The van der Waals surface area contributed by atoms with Crippen LogP contribution >= 0.6 is 0 Å². The van der Waals surface area contributed by atoms with Gasteiger partial charge in [0.25, 0.3) is 0 Å². The third-order valence-electron chi connectivity index (χ3n) is 2.40. The summed E-state index contributed by atoms with van der Waals surface area (Å²) in [5, 5.41) is 13.2. The average Bonchev–Trinajstić information content (AvgIpc) is 2.74. The van der Waals surface area contributed by atoms with E-state index in [0.29, 0.717) is 6.42 Å². The van der Waals surface area contributed by atoms with Gasteiger partial charge in [-0.25, -0.2) is 0 Å². The van der Waals surface area contributed by atoms with Crippen molar-refractivity contribution in [2.45, 2.75) is 19.9 Å². The minimum atomic E-state index is 0.395. The van der Waals surface area contributed by atoms with E-state index in [1.54, 1.807) is 12.4 Å². The molecule has 2 aromatic heterocycles. The maximum atomic E-state index is 8.72. The predicted molar refractivity (Wildman–Crippen MR) is 60.4 cm³/mol. The molecule has 0 saturated heterocycles. The second kappa shape index (κ2) is 4.58. The molecule has 0 bridgehead atoms.